The van der Waals surface area contributed by atoms with Gasteiger partial charge < -0.3 is 25.7 Å². The number of hydrogen-bond donors (Lipinski definition) is 5. The maximum atomic E-state index is 13.8. The number of piperidine rings is 1. The van der Waals surface area contributed by atoms with E-state index in [0.717, 1.165) is 4.90 Å². The van der Waals surface area contributed by atoms with Crippen LogP contribution < -0.4 is 21.3 Å². The summed E-state index contributed by atoms with van der Waals surface area (Å²) in [6, 6.07) is 7.77. The Hall–Kier alpha value is -5.63. The minimum absolute atomic E-state index is 0.0478. The van der Waals surface area contributed by atoms with E-state index < -0.39 is 35.5 Å². The molecule has 3 aliphatic heterocycles. The third kappa shape index (κ3) is 6.02. The van der Waals surface area contributed by atoms with E-state index in [9.17, 15) is 33.2 Å². The summed E-state index contributed by atoms with van der Waals surface area (Å²) in [5.74, 6) is -3.38. The number of hydrogen-bond acceptors (Lipinski definition) is 8. The fourth-order valence-corrected chi connectivity index (χ4v) is 5.98. The minimum Gasteiger partial charge on any atom is -0.383 e. The Kier molecular flexibility index (Phi) is 8.43. The summed E-state index contributed by atoms with van der Waals surface area (Å²) in [4.78, 5) is 79.1. The molecule has 1 saturated heterocycles. The summed E-state index contributed by atoms with van der Waals surface area (Å²) in [6.45, 7) is 4.64. The van der Waals surface area contributed by atoms with Gasteiger partial charge in [0.25, 0.3) is 23.6 Å². The molecule has 3 aromatic rings. The molecular weight excluding hydrogens is 611 g/mol. The number of carbonyl (C=O) groups excluding carboxylic acids is 6. The van der Waals surface area contributed by atoms with E-state index in [4.69, 9.17) is 4.74 Å². The van der Waals surface area contributed by atoms with Gasteiger partial charge in [0.2, 0.25) is 11.8 Å². The molecule has 6 amide bonds. The second-order valence-electron chi connectivity index (χ2n) is 11.4. The predicted octanol–water partition coefficient (Wildman–Crippen LogP) is 2.52. The third-order valence-electron chi connectivity index (χ3n) is 8.30. The van der Waals surface area contributed by atoms with Crippen molar-refractivity contribution in [1.29, 1.82) is 0 Å². The van der Waals surface area contributed by atoms with Crippen molar-refractivity contribution in [2.45, 2.75) is 32.7 Å². The van der Waals surface area contributed by atoms with Gasteiger partial charge in [0.15, 0.2) is 0 Å². The lowest BCUT2D eigenvalue weighted by molar-refractivity contribution is -0.136. The van der Waals surface area contributed by atoms with Gasteiger partial charge in [-0.25, -0.2) is 4.39 Å². The number of aromatic amines is 1. The first-order valence-corrected chi connectivity index (χ1v) is 15.0. The molecule has 13 nitrogen and oxygen atoms in total. The average molecular weight is 643 g/mol. The summed E-state index contributed by atoms with van der Waals surface area (Å²) in [6.07, 6.45) is 1.74. The smallest absolute Gasteiger partial charge is 0.262 e. The second-order valence-corrected chi connectivity index (χ2v) is 11.4. The van der Waals surface area contributed by atoms with Gasteiger partial charge in [0, 0.05) is 47.8 Å². The number of nitrogens with one attached hydrogen (secondary N) is 5. The fraction of sp³-hybridized carbons (Fsp3) is 0.273. The molecule has 1 aromatic heterocycles. The first kappa shape index (κ1) is 31.4. The molecule has 242 valence electrons. The molecule has 1 fully saturated rings. The van der Waals surface area contributed by atoms with Crippen molar-refractivity contribution in [3.8, 4) is 0 Å². The van der Waals surface area contributed by atoms with Crippen LogP contribution in [-0.2, 0) is 19.1 Å². The topological polar surface area (TPSA) is 179 Å². The maximum absolute atomic E-state index is 13.8. The SMILES string of the molecule is Cc1[nH]c(C=C2C(=O)Nc3ccc(F)cc32)c(C)c1C(=O)NCCOCCNc1ccc2c(c1)C(=O)N(C1CCC(=O)NC1=O)C2=O. The van der Waals surface area contributed by atoms with Crippen molar-refractivity contribution < 1.29 is 37.9 Å². The number of H-pyrrole nitrogens is 1. The van der Waals surface area contributed by atoms with Crippen molar-refractivity contribution in [1.82, 2.24) is 20.5 Å². The molecular formula is C33H31FN6O7. The van der Waals surface area contributed by atoms with Crippen molar-refractivity contribution in [3.05, 3.63) is 81.4 Å². The molecule has 0 spiro atoms. The number of carbonyl (C=O) groups is 6. The van der Waals surface area contributed by atoms with Crippen LogP contribution in [0.1, 0.15) is 66.4 Å². The Morgan fingerprint density at radius 1 is 0.979 bits per heavy atom. The monoisotopic (exact) mass is 642 g/mol. The Morgan fingerprint density at radius 2 is 1.74 bits per heavy atom. The molecule has 3 aliphatic rings. The van der Waals surface area contributed by atoms with Gasteiger partial charge in [0.05, 0.1) is 35.5 Å². The molecule has 6 rings (SSSR count). The number of benzene rings is 2. The van der Waals surface area contributed by atoms with Crippen LogP contribution in [-0.4, -0.2) is 77.7 Å². The van der Waals surface area contributed by atoms with Crippen LogP contribution in [0.2, 0.25) is 0 Å². The van der Waals surface area contributed by atoms with Crippen molar-refractivity contribution in [2.75, 3.05) is 36.9 Å². The standard InChI is InChI=1S/C33H31FN6O7/c1-16-25(15-22-21-13-18(34)3-6-24(21)38-29(22)42)37-17(2)28(16)31(44)36-10-12-47-11-9-35-19-4-5-20-23(14-19)33(46)40(32(20)45)26-7-8-27(41)39-30(26)43/h3-6,13-15,26,35,37H,7-12H2,1-2H3,(H,36,44)(H,38,42)(H,39,41,43). The maximum Gasteiger partial charge on any atom is 0.262 e. The first-order valence-electron chi connectivity index (χ1n) is 15.0. The second kappa shape index (κ2) is 12.6. The lowest BCUT2D eigenvalue weighted by Gasteiger charge is -2.27. The molecule has 0 radical (unpaired) electrons. The Bertz CT molecular complexity index is 1900. The van der Waals surface area contributed by atoms with Crippen molar-refractivity contribution in [2.24, 2.45) is 0 Å². The number of nitrogens with zero attached hydrogens (tertiary/aromatic N) is 1. The molecule has 0 saturated carbocycles. The van der Waals surface area contributed by atoms with E-state index in [-0.39, 0.29) is 55.5 Å². The van der Waals surface area contributed by atoms with Crippen LogP contribution in [0, 0.1) is 19.7 Å². The van der Waals surface area contributed by atoms with Crippen LogP contribution >= 0.6 is 0 Å². The van der Waals surface area contributed by atoms with Gasteiger partial charge in [-0.1, -0.05) is 0 Å². The molecule has 1 atom stereocenters. The van der Waals surface area contributed by atoms with E-state index in [1.54, 1.807) is 32.1 Å². The summed E-state index contributed by atoms with van der Waals surface area (Å²) in [5.41, 5.74) is 4.49. The molecule has 4 heterocycles. The van der Waals surface area contributed by atoms with Gasteiger partial charge in [0.1, 0.15) is 11.9 Å². The Labute approximate surface area is 267 Å². The molecule has 14 heteroatoms. The third-order valence-corrected chi connectivity index (χ3v) is 8.30. The van der Waals surface area contributed by atoms with Gasteiger partial charge in [-0.2, -0.15) is 0 Å². The Balaban J connectivity index is 0.973. The quantitative estimate of drug-likeness (QED) is 0.127. The minimum atomic E-state index is -1.03. The van der Waals surface area contributed by atoms with E-state index >= 15 is 0 Å². The number of imide groups is 2. The van der Waals surface area contributed by atoms with Crippen LogP contribution in [0.4, 0.5) is 15.8 Å². The molecule has 1 unspecified atom stereocenters. The highest BCUT2D eigenvalue weighted by atomic mass is 19.1. The van der Waals surface area contributed by atoms with Gasteiger partial charge in [-0.05, 0) is 68.3 Å². The highest BCUT2D eigenvalue weighted by Crippen LogP contribution is 2.34. The van der Waals surface area contributed by atoms with E-state index in [1.807, 2.05) is 0 Å². The zero-order chi connectivity index (χ0) is 33.4. The summed E-state index contributed by atoms with van der Waals surface area (Å²) in [5, 5.41) is 10.8. The number of amides is 6. The molecule has 0 bridgehead atoms. The lowest BCUT2D eigenvalue weighted by Crippen LogP contribution is -2.54. The largest absolute Gasteiger partial charge is 0.383 e. The van der Waals surface area contributed by atoms with Crippen LogP contribution in [0.5, 0.6) is 0 Å². The van der Waals surface area contributed by atoms with Crippen LogP contribution in [0.3, 0.4) is 0 Å². The number of anilines is 2. The molecule has 2 aromatic carbocycles. The lowest BCUT2D eigenvalue weighted by atomic mass is 10.0. The first-order chi connectivity index (χ1) is 22.5. The normalized spacial score (nSPS) is 17.9. The number of ether oxygens (including phenoxy) is 1. The van der Waals surface area contributed by atoms with E-state index in [0.29, 0.717) is 51.6 Å². The highest BCUT2D eigenvalue weighted by molar-refractivity contribution is 6.35. The number of rotatable bonds is 10. The van der Waals surface area contributed by atoms with Gasteiger partial charge in [-0.3, -0.25) is 39.0 Å². The van der Waals surface area contributed by atoms with Crippen LogP contribution in [0.15, 0.2) is 36.4 Å². The summed E-state index contributed by atoms with van der Waals surface area (Å²) in [7, 11) is 0. The number of halogens is 1. The van der Waals surface area contributed by atoms with Crippen molar-refractivity contribution >= 4 is 58.5 Å². The average Bonchev–Trinajstić information content (AvgIpc) is 3.59. The number of aryl methyl sites for hydroxylation is 1. The predicted molar refractivity (Wildman–Crippen MR) is 168 cm³/mol. The van der Waals surface area contributed by atoms with Crippen LogP contribution in [0.25, 0.3) is 11.6 Å². The highest BCUT2D eigenvalue weighted by Gasteiger charge is 2.44. The molecule has 5 N–H and O–H groups in total. The summed E-state index contributed by atoms with van der Waals surface area (Å²) >= 11 is 0. The Morgan fingerprint density at radius 3 is 2.53 bits per heavy atom. The summed E-state index contributed by atoms with van der Waals surface area (Å²) < 4.78 is 19.4. The molecule has 47 heavy (non-hydrogen) atoms. The van der Waals surface area contributed by atoms with Crippen molar-refractivity contribution in [3.63, 3.8) is 0 Å². The number of aromatic nitrogens is 1. The van der Waals surface area contributed by atoms with E-state index in [2.05, 4.69) is 26.3 Å². The fourth-order valence-electron chi connectivity index (χ4n) is 5.98. The zero-order valence-electron chi connectivity index (χ0n) is 25.5. The molecule has 0 aliphatic carbocycles. The van der Waals surface area contributed by atoms with Gasteiger partial charge >= 0.3 is 0 Å². The number of fused-ring (bicyclic) bond motifs is 2. The van der Waals surface area contributed by atoms with Gasteiger partial charge in [-0.15, -0.1) is 0 Å². The van der Waals surface area contributed by atoms with E-state index in [1.165, 1.54) is 24.3 Å². The zero-order valence-corrected chi connectivity index (χ0v) is 25.5.